The Morgan fingerprint density at radius 3 is 1.65 bits per heavy atom. The molecule has 1 aromatic carbocycles. The number of rotatable bonds is 20. The number of carbonyl (C=O) groups excluding carboxylic acids is 1. The zero-order valence-electron chi connectivity index (χ0n) is 19.7. The highest BCUT2D eigenvalue weighted by Gasteiger charge is 2.22. The molecule has 0 aliphatic rings. The number of hydrogen-bond acceptors (Lipinski definition) is 3. The molecule has 0 fully saturated rings. The van der Waals surface area contributed by atoms with Crippen LogP contribution >= 0.6 is 0 Å². The first-order chi connectivity index (χ1) is 15.1. The summed E-state index contributed by atoms with van der Waals surface area (Å²) < 4.78 is 5.20. The third-order valence-electron chi connectivity index (χ3n) is 5.80. The number of benzene rings is 1. The molecule has 0 spiro atoms. The quantitative estimate of drug-likeness (QED) is 0.171. The number of hydrogen-bond donors (Lipinski definition) is 1. The van der Waals surface area contributed by atoms with E-state index < -0.39 is 18.0 Å². The van der Waals surface area contributed by atoms with Gasteiger partial charge in [-0.05, 0) is 12.0 Å². The number of unbranched alkanes of at least 4 members (excludes halogenated alkanes) is 14. The van der Waals surface area contributed by atoms with E-state index >= 15 is 0 Å². The average Bonchev–Trinajstić information content (AvgIpc) is 2.76. The van der Waals surface area contributed by atoms with Crippen LogP contribution in [0.15, 0.2) is 30.3 Å². The van der Waals surface area contributed by atoms with Crippen molar-refractivity contribution in [2.75, 3.05) is 0 Å². The summed E-state index contributed by atoms with van der Waals surface area (Å²) in [4.78, 5) is 23.4. The molecule has 0 heterocycles. The van der Waals surface area contributed by atoms with Gasteiger partial charge in [0.1, 0.15) is 0 Å². The summed E-state index contributed by atoms with van der Waals surface area (Å²) in [6.45, 7) is 2.26. The predicted octanol–water partition coefficient (Wildman–Crippen LogP) is 7.49. The van der Waals surface area contributed by atoms with Gasteiger partial charge < -0.3 is 9.84 Å². The minimum Gasteiger partial charge on any atom is -0.478 e. The lowest BCUT2D eigenvalue weighted by Gasteiger charge is -2.14. The van der Waals surface area contributed by atoms with Crippen molar-refractivity contribution in [1.82, 2.24) is 0 Å². The van der Waals surface area contributed by atoms with Crippen molar-refractivity contribution in [3.05, 3.63) is 35.9 Å². The maximum absolute atomic E-state index is 12.0. The molecule has 0 saturated heterocycles. The summed E-state index contributed by atoms with van der Waals surface area (Å²) in [6.07, 6.45) is 18.6. The fraction of sp³-hybridized carbons (Fsp3) is 0.704. The largest absolute Gasteiger partial charge is 0.478 e. The van der Waals surface area contributed by atoms with Crippen LogP contribution in [0.5, 0.6) is 0 Å². The van der Waals surface area contributed by atoms with Gasteiger partial charge in [-0.3, -0.25) is 4.79 Å². The average molecular weight is 433 g/mol. The Hall–Kier alpha value is -1.84. The number of ether oxygens (including phenoxy) is 1. The van der Waals surface area contributed by atoms with Gasteiger partial charge in [0.2, 0.25) is 6.10 Å². The molecule has 1 atom stereocenters. The van der Waals surface area contributed by atoms with E-state index in [1.165, 1.54) is 77.0 Å². The van der Waals surface area contributed by atoms with E-state index in [0.29, 0.717) is 6.42 Å². The molecule has 176 valence electrons. The lowest BCUT2D eigenvalue weighted by atomic mass is 10.0. The highest BCUT2D eigenvalue weighted by molar-refractivity contribution is 5.78. The van der Waals surface area contributed by atoms with E-state index in [2.05, 4.69) is 6.92 Å². The molecule has 1 rings (SSSR count). The minimum atomic E-state index is -1.11. The van der Waals surface area contributed by atoms with Crippen LogP contribution in [0.2, 0.25) is 0 Å². The third-order valence-corrected chi connectivity index (χ3v) is 5.80. The van der Waals surface area contributed by atoms with Gasteiger partial charge in [0.25, 0.3) is 0 Å². The monoisotopic (exact) mass is 432 g/mol. The van der Waals surface area contributed by atoms with Crippen molar-refractivity contribution >= 4 is 11.9 Å². The Balaban J connectivity index is 1.95. The standard InChI is InChI=1S/C27H44O4/c1-2-3-4-5-6-7-8-9-10-11-12-13-14-15-19-22-26(28)31-25(27(29)30)23-24-20-17-16-18-21-24/h16-18,20-21,25H,2-15,19,22-23H2,1H3,(H,29,30)/t25-/m1/s1. The minimum absolute atomic E-state index is 0.209. The lowest BCUT2D eigenvalue weighted by Crippen LogP contribution is -2.29. The fourth-order valence-electron chi connectivity index (χ4n) is 3.87. The fourth-order valence-corrected chi connectivity index (χ4v) is 3.87. The molecule has 0 saturated carbocycles. The number of aliphatic carboxylic acids is 1. The van der Waals surface area contributed by atoms with Crippen molar-refractivity contribution in [2.24, 2.45) is 0 Å². The van der Waals surface area contributed by atoms with Crippen LogP contribution in [0.1, 0.15) is 115 Å². The summed E-state index contributed by atoms with van der Waals surface area (Å²) in [5.74, 6) is -1.49. The summed E-state index contributed by atoms with van der Waals surface area (Å²) in [6, 6.07) is 9.27. The summed E-state index contributed by atoms with van der Waals surface area (Å²) in [5.41, 5.74) is 0.856. The molecule has 0 radical (unpaired) electrons. The molecule has 0 aliphatic heterocycles. The molecule has 4 nitrogen and oxygen atoms in total. The molecule has 0 aliphatic carbocycles. The van der Waals surface area contributed by atoms with Gasteiger partial charge in [-0.25, -0.2) is 4.79 Å². The van der Waals surface area contributed by atoms with Crippen LogP contribution in [0.3, 0.4) is 0 Å². The normalized spacial score (nSPS) is 11.9. The molecule has 0 aromatic heterocycles. The topological polar surface area (TPSA) is 63.6 Å². The Morgan fingerprint density at radius 2 is 1.19 bits per heavy atom. The molecule has 1 N–H and O–H groups in total. The molecule has 31 heavy (non-hydrogen) atoms. The van der Waals surface area contributed by atoms with Gasteiger partial charge in [0.15, 0.2) is 0 Å². The maximum Gasteiger partial charge on any atom is 0.345 e. The van der Waals surface area contributed by atoms with Gasteiger partial charge in [0, 0.05) is 12.8 Å². The van der Waals surface area contributed by atoms with Crippen molar-refractivity contribution in [1.29, 1.82) is 0 Å². The van der Waals surface area contributed by atoms with Crippen LogP contribution in [0, 0.1) is 0 Å². The van der Waals surface area contributed by atoms with E-state index in [1.807, 2.05) is 30.3 Å². The summed E-state index contributed by atoms with van der Waals surface area (Å²) in [5, 5.41) is 9.31. The second-order valence-corrected chi connectivity index (χ2v) is 8.71. The maximum atomic E-state index is 12.0. The Kier molecular flexibility index (Phi) is 16.6. The summed E-state index contributed by atoms with van der Waals surface area (Å²) >= 11 is 0. The molecule has 0 unspecified atom stereocenters. The zero-order valence-corrected chi connectivity index (χ0v) is 19.7. The van der Waals surface area contributed by atoms with Gasteiger partial charge in [-0.15, -0.1) is 0 Å². The van der Waals surface area contributed by atoms with Gasteiger partial charge >= 0.3 is 11.9 Å². The second-order valence-electron chi connectivity index (χ2n) is 8.71. The van der Waals surface area contributed by atoms with Crippen molar-refractivity contribution in [2.45, 2.75) is 122 Å². The van der Waals surface area contributed by atoms with E-state index in [4.69, 9.17) is 4.74 Å². The second kappa shape index (κ2) is 18.9. The van der Waals surface area contributed by atoms with Crippen molar-refractivity contribution in [3.8, 4) is 0 Å². The first-order valence-electron chi connectivity index (χ1n) is 12.6. The number of esters is 1. The van der Waals surface area contributed by atoms with E-state index in [1.54, 1.807) is 0 Å². The smallest absolute Gasteiger partial charge is 0.345 e. The molecule has 1 aromatic rings. The SMILES string of the molecule is CCCCCCCCCCCCCCCCCC(=O)O[C@H](Cc1ccccc1)C(=O)O. The molecule has 0 amide bonds. The molecular formula is C27H44O4. The van der Waals surface area contributed by atoms with E-state index in [-0.39, 0.29) is 6.42 Å². The lowest BCUT2D eigenvalue weighted by molar-refractivity contribution is -0.164. The first kappa shape index (κ1) is 27.2. The van der Waals surface area contributed by atoms with Crippen LogP contribution in [0.4, 0.5) is 0 Å². The highest BCUT2D eigenvalue weighted by atomic mass is 16.6. The van der Waals surface area contributed by atoms with Crippen LogP contribution in [-0.4, -0.2) is 23.1 Å². The van der Waals surface area contributed by atoms with Crippen LogP contribution in [-0.2, 0) is 20.7 Å². The highest BCUT2D eigenvalue weighted by Crippen LogP contribution is 2.14. The molecule has 4 heteroatoms. The number of carbonyl (C=O) groups is 2. The Morgan fingerprint density at radius 1 is 0.742 bits per heavy atom. The van der Waals surface area contributed by atoms with Gasteiger partial charge in [-0.1, -0.05) is 127 Å². The molecular weight excluding hydrogens is 388 g/mol. The van der Waals surface area contributed by atoms with Crippen LogP contribution < -0.4 is 0 Å². The zero-order chi connectivity index (χ0) is 22.6. The Labute approximate surface area is 189 Å². The summed E-state index contributed by atoms with van der Waals surface area (Å²) in [7, 11) is 0. The first-order valence-corrected chi connectivity index (χ1v) is 12.6. The van der Waals surface area contributed by atoms with Gasteiger partial charge in [-0.2, -0.15) is 0 Å². The van der Waals surface area contributed by atoms with Crippen molar-refractivity contribution < 1.29 is 19.4 Å². The Bertz CT molecular complexity index is 570. The number of carboxylic acids is 1. The van der Waals surface area contributed by atoms with Crippen molar-refractivity contribution in [3.63, 3.8) is 0 Å². The number of carboxylic acid groups (broad SMARTS) is 1. The molecule has 0 bridgehead atoms. The van der Waals surface area contributed by atoms with E-state index in [0.717, 1.165) is 24.8 Å². The van der Waals surface area contributed by atoms with E-state index in [9.17, 15) is 14.7 Å². The third kappa shape index (κ3) is 15.6. The predicted molar refractivity (Wildman–Crippen MR) is 127 cm³/mol. The van der Waals surface area contributed by atoms with Crippen LogP contribution in [0.25, 0.3) is 0 Å². The van der Waals surface area contributed by atoms with Gasteiger partial charge in [0.05, 0.1) is 0 Å².